The van der Waals surface area contributed by atoms with E-state index in [1.165, 1.54) is 16.6 Å². The van der Waals surface area contributed by atoms with Gasteiger partial charge in [-0.15, -0.1) is 11.3 Å². The minimum absolute atomic E-state index is 0.0782. The molecule has 0 saturated heterocycles. The van der Waals surface area contributed by atoms with Crippen LogP contribution in [0.5, 0.6) is 0 Å². The lowest BCUT2D eigenvalue weighted by molar-refractivity contribution is -0.141. The smallest absolute Gasteiger partial charge is 0.325 e. The van der Waals surface area contributed by atoms with E-state index in [0.717, 1.165) is 29.7 Å². The van der Waals surface area contributed by atoms with E-state index in [1.807, 2.05) is 0 Å². The van der Waals surface area contributed by atoms with E-state index < -0.39 is 5.97 Å². The SMILES string of the molecule is COC(=O)Cn1c(C)nc2sc3c(c2c1=O)CCC(C)C3. The van der Waals surface area contributed by atoms with Crippen LogP contribution in [0, 0.1) is 12.8 Å². The van der Waals surface area contributed by atoms with Crippen molar-refractivity contribution in [2.24, 2.45) is 5.92 Å². The minimum Gasteiger partial charge on any atom is -0.468 e. The van der Waals surface area contributed by atoms with Crippen molar-refractivity contribution in [1.29, 1.82) is 0 Å². The molecule has 2 heterocycles. The van der Waals surface area contributed by atoms with Gasteiger partial charge in [0, 0.05) is 4.88 Å². The summed E-state index contributed by atoms with van der Waals surface area (Å²) in [7, 11) is 1.32. The fraction of sp³-hybridized carbons (Fsp3) is 0.533. The van der Waals surface area contributed by atoms with Gasteiger partial charge in [-0.1, -0.05) is 6.92 Å². The summed E-state index contributed by atoms with van der Waals surface area (Å²) in [6, 6.07) is 0. The average Bonchev–Trinajstić information content (AvgIpc) is 2.79. The summed E-state index contributed by atoms with van der Waals surface area (Å²) in [6.07, 6.45) is 3.05. The molecular formula is C15H18N2O3S. The van der Waals surface area contributed by atoms with Gasteiger partial charge in [0.05, 0.1) is 12.5 Å². The number of carbonyl (C=O) groups is 1. The molecule has 1 aliphatic rings. The van der Waals surface area contributed by atoms with Gasteiger partial charge in [-0.3, -0.25) is 14.2 Å². The van der Waals surface area contributed by atoms with Crippen molar-refractivity contribution >= 4 is 27.5 Å². The number of carbonyl (C=O) groups excluding carboxylic acids is 1. The first kappa shape index (κ1) is 14.3. The molecule has 2 aromatic rings. The first-order chi connectivity index (χ1) is 10.0. The second kappa shape index (κ2) is 5.26. The summed E-state index contributed by atoms with van der Waals surface area (Å²) < 4.78 is 6.08. The topological polar surface area (TPSA) is 61.2 Å². The number of esters is 1. The van der Waals surface area contributed by atoms with E-state index in [1.54, 1.807) is 18.3 Å². The Morgan fingerprint density at radius 1 is 1.52 bits per heavy atom. The van der Waals surface area contributed by atoms with Crippen LogP contribution in [-0.2, 0) is 28.9 Å². The van der Waals surface area contributed by atoms with Gasteiger partial charge in [0.25, 0.3) is 5.56 Å². The Kier molecular flexibility index (Phi) is 3.57. The molecule has 3 rings (SSSR count). The predicted octanol–water partition coefficient (Wildman–Crippen LogP) is 2.06. The Balaban J connectivity index is 2.19. The molecule has 5 nitrogen and oxygen atoms in total. The Bertz CT molecular complexity index is 775. The highest BCUT2D eigenvalue weighted by atomic mass is 32.1. The summed E-state index contributed by atoms with van der Waals surface area (Å²) in [4.78, 5) is 30.8. The Morgan fingerprint density at radius 2 is 2.29 bits per heavy atom. The maximum Gasteiger partial charge on any atom is 0.325 e. The monoisotopic (exact) mass is 306 g/mol. The van der Waals surface area contributed by atoms with Gasteiger partial charge < -0.3 is 4.74 Å². The quantitative estimate of drug-likeness (QED) is 0.797. The van der Waals surface area contributed by atoms with Crippen molar-refractivity contribution in [2.75, 3.05) is 7.11 Å². The lowest BCUT2D eigenvalue weighted by Gasteiger charge is -2.17. The Labute approximate surface area is 126 Å². The molecule has 21 heavy (non-hydrogen) atoms. The van der Waals surface area contributed by atoms with Crippen LogP contribution < -0.4 is 5.56 Å². The Hall–Kier alpha value is -1.69. The third kappa shape index (κ3) is 2.37. The van der Waals surface area contributed by atoms with Crippen LogP contribution in [0.4, 0.5) is 0 Å². The number of methoxy groups -OCH3 is 1. The highest BCUT2D eigenvalue weighted by molar-refractivity contribution is 7.18. The molecule has 2 aromatic heterocycles. The number of ether oxygens (including phenoxy) is 1. The number of hydrogen-bond acceptors (Lipinski definition) is 5. The second-order valence-corrected chi connectivity index (χ2v) is 6.74. The first-order valence-corrected chi connectivity index (χ1v) is 7.91. The summed E-state index contributed by atoms with van der Waals surface area (Å²) >= 11 is 1.62. The maximum atomic E-state index is 12.7. The van der Waals surface area contributed by atoms with E-state index in [4.69, 9.17) is 0 Å². The van der Waals surface area contributed by atoms with Crippen LogP contribution in [0.25, 0.3) is 10.2 Å². The summed E-state index contributed by atoms with van der Waals surface area (Å²) in [5, 5.41) is 0.705. The highest BCUT2D eigenvalue weighted by Gasteiger charge is 2.24. The molecule has 0 aliphatic heterocycles. The lowest BCUT2D eigenvalue weighted by Crippen LogP contribution is -2.28. The number of fused-ring (bicyclic) bond motifs is 3. The molecule has 0 fully saturated rings. The number of aromatic nitrogens is 2. The molecular weight excluding hydrogens is 288 g/mol. The third-order valence-corrected chi connectivity index (χ3v) is 5.27. The van der Waals surface area contributed by atoms with Gasteiger partial charge in [-0.2, -0.15) is 0 Å². The van der Waals surface area contributed by atoms with E-state index in [0.29, 0.717) is 17.1 Å². The highest BCUT2D eigenvalue weighted by Crippen LogP contribution is 2.35. The van der Waals surface area contributed by atoms with Crippen LogP contribution in [0.3, 0.4) is 0 Å². The molecule has 112 valence electrons. The largest absolute Gasteiger partial charge is 0.468 e. The molecule has 1 atom stereocenters. The van der Waals surface area contributed by atoms with Crippen LogP contribution in [-0.4, -0.2) is 22.6 Å². The number of nitrogens with zero attached hydrogens (tertiary/aromatic N) is 2. The molecule has 0 saturated carbocycles. The summed E-state index contributed by atoms with van der Waals surface area (Å²) in [6.45, 7) is 3.91. The van der Waals surface area contributed by atoms with Crippen molar-refractivity contribution in [3.63, 3.8) is 0 Å². The number of rotatable bonds is 2. The average molecular weight is 306 g/mol. The van der Waals surface area contributed by atoms with Crippen molar-refractivity contribution in [1.82, 2.24) is 9.55 Å². The van der Waals surface area contributed by atoms with Gasteiger partial charge in [-0.25, -0.2) is 4.98 Å². The van der Waals surface area contributed by atoms with E-state index in [-0.39, 0.29) is 12.1 Å². The summed E-state index contributed by atoms with van der Waals surface area (Å²) in [5.41, 5.74) is 1.03. The molecule has 0 amide bonds. The van der Waals surface area contributed by atoms with Crippen LogP contribution >= 0.6 is 11.3 Å². The number of aryl methyl sites for hydroxylation is 2. The molecule has 1 aliphatic carbocycles. The fourth-order valence-electron chi connectivity index (χ4n) is 2.90. The van der Waals surface area contributed by atoms with Crippen LogP contribution in [0.2, 0.25) is 0 Å². The normalized spacial score (nSPS) is 17.8. The maximum absolute atomic E-state index is 12.7. The van der Waals surface area contributed by atoms with Gasteiger partial charge >= 0.3 is 5.97 Å². The lowest BCUT2D eigenvalue weighted by atomic mass is 9.89. The predicted molar refractivity (Wildman–Crippen MR) is 81.8 cm³/mol. The number of thiophene rings is 1. The van der Waals surface area contributed by atoms with Crippen LogP contribution in [0.15, 0.2) is 4.79 Å². The standard InChI is InChI=1S/C15H18N2O3S/c1-8-4-5-10-11(6-8)21-14-13(10)15(19)17(9(2)16-14)7-12(18)20-3/h8H,4-7H2,1-3H3. The zero-order valence-electron chi connectivity index (χ0n) is 12.4. The van der Waals surface area contributed by atoms with Gasteiger partial charge in [-0.05, 0) is 37.7 Å². The molecule has 6 heteroatoms. The molecule has 0 bridgehead atoms. The van der Waals surface area contributed by atoms with E-state index in [2.05, 4.69) is 16.6 Å². The van der Waals surface area contributed by atoms with Crippen LogP contribution in [0.1, 0.15) is 29.6 Å². The second-order valence-electron chi connectivity index (χ2n) is 5.66. The molecule has 0 aromatic carbocycles. The fourth-order valence-corrected chi connectivity index (χ4v) is 4.32. The van der Waals surface area contributed by atoms with E-state index in [9.17, 15) is 9.59 Å². The zero-order chi connectivity index (χ0) is 15.1. The molecule has 1 unspecified atom stereocenters. The van der Waals surface area contributed by atoms with Gasteiger partial charge in [0.2, 0.25) is 0 Å². The van der Waals surface area contributed by atoms with Crippen molar-refractivity contribution in [2.45, 2.75) is 39.7 Å². The van der Waals surface area contributed by atoms with Crippen molar-refractivity contribution in [3.8, 4) is 0 Å². The molecule has 0 spiro atoms. The zero-order valence-corrected chi connectivity index (χ0v) is 13.2. The molecule has 0 N–H and O–H groups in total. The minimum atomic E-state index is -0.431. The number of hydrogen-bond donors (Lipinski definition) is 0. The molecule has 0 radical (unpaired) electrons. The Morgan fingerprint density at radius 3 is 3.00 bits per heavy atom. The van der Waals surface area contributed by atoms with Crippen molar-refractivity contribution < 1.29 is 9.53 Å². The summed E-state index contributed by atoms with van der Waals surface area (Å²) in [5.74, 6) is 0.785. The first-order valence-electron chi connectivity index (χ1n) is 7.09. The van der Waals surface area contributed by atoms with E-state index >= 15 is 0 Å². The van der Waals surface area contributed by atoms with Gasteiger partial charge in [0.1, 0.15) is 17.2 Å². The van der Waals surface area contributed by atoms with Crippen molar-refractivity contribution in [3.05, 3.63) is 26.6 Å². The van der Waals surface area contributed by atoms with Gasteiger partial charge in [0.15, 0.2) is 0 Å². The third-order valence-electron chi connectivity index (χ3n) is 4.12.